The zero-order valence-electron chi connectivity index (χ0n) is 18.4. The summed E-state index contributed by atoms with van der Waals surface area (Å²) in [6.07, 6.45) is 3.04. The van der Waals surface area contributed by atoms with Crippen molar-refractivity contribution >= 4 is 46.1 Å². The number of piperazine rings is 1. The molecule has 0 aliphatic carbocycles. The number of halogens is 2. The van der Waals surface area contributed by atoms with Crippen LogP contribution >= 0.6 is 11.6 Å². The van der Waals surface area contributed by atoms with Crippen LogP contribution in [0.2, 0.25) is 5.02 Å². The van der Waals surface area contributed by atoms with E-state index in [2.05, 4.69) is 35.5 Å². The highest BCUT2D eigenvalue weighted by Gasteiger charge is 2.21. The molecular weight excluding hydrogens is 449 g/mol. The molecule has 1 saturated heterocycles. The number of fused-ring (bicyclic) bond motifs is 1. The molecule has 4 rings (SSSR count). The monoisotopic (exact) mass is 473 g/mol. The molecule has 3 aromatic rings. The fourth-order valence-electron chi connectivity index (χ4n) is 3.51. The van der Waals surface area contributed by atoms with Crippen molar-refractivity contribution in [1.82, 2.24) is 34.6 Å². The number of aromatic nitrogens is 4. The van der Waals surface area contributed by atoms with Crippen LogP contribution < -0.4 is 10.6 Å². The van der Waals surface area contributed by atoms with Gasteiger partial charge in [-0.15, -0.1) is 0 Å². The molecule has 12 heteroatoms. The number of nitrogens with zero attached hydrogens (tertiary/aromatic N) is 7. The van der Waals surface area contributed by atoms with Crippen molar-refractivity contribution < 1.29 is 9.18 Å². The van der Waals surface area contributed by atoms with Crippen molar-refractivity contribution in [3.05, 3.63) is 41.6 Å². The number of anilines is 3. The minimum Gasteiger partial charge on any atom is -0.353 e. The predicted octanol–water partition coefficient (Wildman–Crippen LogP) is 2.67. The first kappa shape index (κ1) is 22.9. The zero-order chi connectivity index (χ0) is 23.4. The Hall–Kier alpha value is -3.31. The Bertz CT molecular complexity index is 1140. The Morgan fingerprint density at radius 1 is 1.18 bits per heavy atom. The van der Waals surface area contributed by atoms with E-state index in [0.29, 0.717) is 48.1 Å². The SMILES string of the molecule is CN(C)C(=O)N1CCN(CCNc2ncc3ncnc(Nc4ccc(F)c(Cl)c4)c3n2)CC1. The summed E-state index contributed by atoms with van der Waals surface area (Å²) in [6, 6.07) is 4.39. The van der Waals surface area contributed by atoms with Crippen molar-refractivity contribution in [3.8, 4) is 0 Å². The Labute approximate surface area is 195 Å². The van der Waals surface area contributed by atoms with Gasteiger partial charge in [-0.25, -0.2) is 29.1 Å². The van der Waals surface area contributed by atoms with Crippen LogP contribution in [0.4, 0.5) is 26.6 Å². The maximum absolute atomic E-state index is 13.4. The molecule has 0 atom stereocenters. The fourth-order valence-corrected chi connectivity index (χ4v) is 3.69. The molecule has 33 heavy (non-hydrogen) atoms. The molecule has 2 amide bonds. The summed E-state index contributed by atoms with van der Waals surface area (Å²) in [5, 5.41) is 6.36. The zero-order valence-corrected chi connectivity index (χ0v) is 19.2. The molecule has 10 nitrogen and oxygen atoms in total. The number of urea groups is 1. The highest BCUT2D eigenvalue weighted by Crippen LogP contribution is 2.25. The standard InChI is InChI=1S/C21H25ClFN9O/c1-30(2)21(33)32-9-7-31(8-10-32)6-5-24-20-25-12-17-18(29-20)19(27-13-26-17)28-14-3-4-16(23)15(22)11-14/h3-4,11-13H,5-10H2,1-2H3,(H,24,25,29)(H,26,27,28). The highest BCUT2D eigenvalue weighted by molar-refractivity contribution is 6.31. The quantitative estimate of drug-likeness (QED) is 0.563. The topological polar surface area (TPSA) is 102 Å². The van der Waals surface area contributed by atoms with Crippen molar-refractivity contribution in [2.45, 2.75) is 0 Å². The Balaban J connectivity index is 1.36. The molecular formula is C21H25ClFN9O. The molecule has 2 N–H and O–H groups in total. The summed E-state index contributed by atoms with van der Waals surface area (Å²) >= 11 is 5.87. The van der Waals surface area contributed by atoms with E-state index in [0.717, 1.165) is 19.6 Å². The van der Waals surface area contributed by atoms with E-state index in [9.17, 15) is 9.18 Å². The maximum atomic E-state index is 13.4. The second kappa shape index (κ2) is 10.1. The number of carbonyl (C=O) groups excluding carboxylic acids is 1. The van der Waals surface area contributed by atoms with Crippen LogP contribution in [0.15, 0.2) is 30.7 Å². The normalized spacial score (nSPS) is 14.4. The molecule has 0 bridgehead atoms. The van der Waals surface area contributed by atoms with E-state index in [1.165, 1.54) is 18.5 Å². The summed E-state index contributed by atoms with van der Waals surface area (Å²) < 4.78 is 13.4. The number of carbonyl (C=O) groups is 1. The molecule has 1 aromatic carbocycles. The molecule has 0 spiro atoms. The number of rotatable bonds is 6. The van der Waals surface area contributed by atoms with Crippen LogP contribution in [0.25, 0.3) is 11.0 Å². The van der Waals surface area contributed by atoms with Gasteiger partial charge in [0, 0.05) is 59.1 Å². The van der Waals surface area contributed by atoms with Crippen molar-refractivity contribution in [3.63, 3.8) is 0 Å². The lowest BCUT2D eigenvalue weighted by atomic mass is 10.3. The van der Waals surface area contributed by atoms with Crippen molar-refractivity contribution in [1.29, 1.82) is 0 Å². The summed E-state index contributed by atoms with van der Waals surface area (Å²) in [7, 11) is 3.53. The van der Waals surface area contributed by atoms with Crippen LogP contribution in [0, 0.1) is 5.82 Å². The second-order valence-corrected chi connectivity index (χ2v) is 8.24. The summed E-state index contributed by atoms with van der Waals surface area (Å²) in [6.45, 7) is 4.52. The summed E-state index contributed by atoms with van der Waals surface area (Å²) in [5.41, 5.74) is 1.70. The van der Waals surface area contributed by atoms with E-state index in [-0.39, 0.29) is 11.1 Å². The van der Waals surface area contributed by atoms with Crippen LogP contribution in [0.3, 0.4) is 0 Å². The van der Waals surface area contributed by atoms with E-state index < -0.39 is 5.82 Å². The van der Waals surface area contributed by atoms with Gasteiger partial charge in [0.25, 0.3) is 0 Å². The minimum absolute atomic E-state index is 0.0160. The fraction of sp³-hybridized carbons (Fsp3) is 0.381. The Kier molecular flexibility index (Phi) is 6.99. The van der Waals surface area contributed by atoms with Gasteiger partial charge in [-0.05, 0) is 18.2 Å². The molecule has 2 aromatic heterocycles. The molecule has 0 radical (unpaired) electrons. The van der Waals surface area contributed by atoms with Crippen LogP contribution in [0.5, 0.6) is 0 Å². The van der Waals surface area contributed by atoms with Gasteiger partial charge in [0.15, 0.2) is 5.82 Å². The molecule has 0 saturated carbocycles. The van der Waals surface area contributed by atoms with Gasteiger partial charge < -0.3 is 20.4 Å². The third-order valence-electron chi connectivity index (χ3n) is 5.30. The number of amides is 2. The maximum Gasteiger partial charge on any atom is 0.319 e. The number of hydrogen-bond acceptors (Lipinski definition) is 8. The van der Waals surface area contributed by atoms with Gasteiger partial charge in [0.05, 0.1) is 11.2 Å². The lowest BCUT2D eigenvalue weighted by Gasteiger charge is -2.35. The lowest BCUT2D eigenvalue weighted by Crippen LogP contribution is -2.52. The van der Waals surface area contributed by atoms with E-state index in [1.54, 1.807) is 31.3 Å². The number of nitrogens with one attached hydrogen (secondary N) is 2. The van der Waals surface area contributed by atoms with Gasteiger partial charge in [-0.3, -0.25) is 4.90 Å². The Morgan fingerprint density at radius 2 is 1.97 bits per heavy atom. The molecule has 0 unspecified atom stereocenters. The van der Waals surface area contributed by atoms with Crippen LogP contribution in [-0.4, -0.2) is 94.0 Å². The predicted molar refractivity (Wildman–Crippen MR) is 125 cm³/mol. The van der Waals surface area contributed by atoms with Crippen LogP contribution in [-0.2, 0) is 0 Å². The molecule has 174 valence electrons. The number of hydrogen-bond donors (Lipinski definition) is 2. The van der Waals surface area contributed by atoms with Crippen molar-refractivity contribution in [2.24, 2.45) is 0 Å². The van der Waals surface area contributed by atoms with E-state index in [1.807, 2.05) is 4.90 Å². The lowest BCUT2D eigenvalue weighted by molar-refractivity contribution is 0.125. The largest absolute Gasteiger partial charge is 0.353 e. The Morgan fingerprint density at radius 3 is 2.70 bits per heavy atom. The van der Waals surface area contributed by atoms with E-state index in [4.69, 9.17) is 11.6 Å². The minimum atomic E-state index is -0.491. The third-order valence-corrected chi connectivity index (χ3v) is 5.59. The molecule has 1 aliphatic heterocycles. The highest BCUT2D eigenvalue weighted by atomic mass is 35.5. The van der Waals surface area contributed by atoms with Crippen molar-refractivity contribution in [2.75, 3.05) is 64.0 Å². The molecule has 1 aliphatic rings. The first-order chi connectivity index (χ1) is 15.9. The second-order valence-electron chi connectivity index (χ2n) is 7.84. The molecule has 3 heterocycles. The smallest absolute Gasteiger partial charge is 0.319 e. The van der Waals surface area contributed by atoms with Gasteiger partial charge in [-0.2, -0.15) is 0 Å². The van der Waals surface area contributed by atoms with E-state index >= 15 is 0 Å². The average Bonchev–Trinajstić information content (AvgIpc) is 2.82. The van der Waals surface area contributed by atoms with Crippen LogP contribution in [0.1, 0.15) is 0 Å². The van der Waals surface area contributed by atoms with Gasteiger partial charge in [0.1, 0.15) is 23.2 Å². The molecule has 1 fully saturated rings. The summed E-state index contributed by atoms with van der Waals surface area (Å²) in [5.74, 6) is 0.433. The summed E-state index contributed by atoms with van der Waals surface area (Å²) in [4.78, 5) is 35.2. The number of benzene rings is 1. The van der Waals surface area contributed by atoms with Gasteiger partial charge >= 0.3 is 6.03 Å². The first-order valence-corrected chi connectivity index (χ1v) is 10.9. The first-order valence-electron chi connectivity index (χ1n) is 10.5. The van der Waals surface area contributed by atoms with Gasteiger partial charge in [-0.1, -0.05) is 11.6 Å². The third kappa shape index (κ3) is 5.55. The average molecular weight is 474 g/mol. The van der Waals surface area contributed by atoms with Gasteiger partial charge in [0.2, 0.25) is 5.95 Å².